The Morgan fingerprint density at radius 2 is 1.86 bits per heavy atom. The molecule has 2 aromatic carbocycles. The number of aromatic nitrogens is 4. The van der Waals surface area contributed by atoms with Gasteiger partial charge in [0.15, 0.2) is 27.3 Å². The summed E-state index contributed by atoms with van der Waals surface area (Å²) >= 11 is 3.03. The van der Waals surface area contributed by atoms with E-state index in [9.17, 15) is 4.79 Å². The first-order valence-corrected chi connectivity index (χ1v) is 21.9. The lowest BCUT2D eigenvalue weighted by atomic mass is 10.3. The Labute approximate surface area is 295 Å². The minimum absolute atomic E-state index is 0.00173. The molecule has 14 heteroatoms. The number of esters is 1. The molecule has 3 aromatic heterocycles. The number of fused-ring (bicyclic) bond motifs is 1. The fourth-order valence-corrected chi connectivity index (χ4v) is 8.22. The molecule has 0 saturated carbocycles. The molecule has 1 aliphatic heterocycles. The van der Waals surface area contributed by atoms with Crippen LogP contribution < -0.4 is 19.3 Å². The number of hydrogen-bond donors (Lipinski definition) is 0. The van der Waals surface area contributed by atoms with E-state index in [4.69, 9.17) is 24.2 Å². The fraction of sp³-hybridized carbons (Fsp3) is 0.400. The van der Waals surface area contributed by atoms with Gasteiger partial charge in [0.05, 0.1) is 23.4 Å². The summed E-state index contributed by atoms with van der Waals surface area (Å²) in [5, 5.41) is 10.5. The van der Waals surface area contributed by atoms with Gasteiger partial charge in [0.1, 0.15) is 23.6 Å². The Bertz CT molecular complexity index is 1970. The van der Waals surface area contributed by atoms with Gasteiger partial charge in [-0.25, -0.2) is 9.78 Å². The number of anilines is 3. The molecule has 0 unspecified atom stereocenters. The minimum atomic E-state index is -1.20. The monoisotopic (exact) mass is 717 g/mol. The van der Waals surface area contributed by atoms with Crippen LogP contribution in [0.4, 0.5) is 21.8 Å². The number of carbonyl (C=O) groups is 1. The number of thiazole rings is 2. The van der Waals surface area contributed by atoms with Gasteiger partial charge in [0.25, 0.3) is 0 Å². The molecule has 6 rings (SSSR count). The van der Waals surface area contributed by atoms with Crippen molar-refractivity contribution in [2.75, 3.05) is 43.2 Å². The predicted octanol–water partition coefficient (Wildman–Crippen LogP) is 7.40. The molecule has 4 heterocycles. The first-order chi connectivity index (χ1) is 23.6. The van der Waals surface area contributed by atoms with E-state index in [1.807, 2.05) is 67.4 Å². The summed E-state index contributed by atoms with van der Waals surface area (Å²) in [5.41, 5.74) is 2.24. The highest BCUT2D eigenvalue weighted by Crippen LogP contribution is 2.39. The van der Waals surface area contributed by atoms with Gasteiger partial charge >= 0.3 is 5.97 Å². The second-order valence-electron chi connectivity index (χ2n) is 13.2. The van der Waals surface area contributed by atoms with Crippen molar-refractivity contribution in [3.05, 3.63) is 76.7 Å². The third kappa shape index (κ3) is 8.37. The molecule has 0 spiro atoms. The summed E-state index contributed by atoms with van der Waals surface area (Å²) in [4.78, 5) is 27.6. The normalized spacial score (nSPS) is 15.3. The maximum atomic E-state index is 13.1. The van der Waals surface area contributed by atoms with E-state index in [1.165, 1.54) is 11.3 Å². The number of ether oxygens (including phenoxy) is 3. The second kappa shape index (κ2) is 15.2. The van der Waals surface area contributed by atoms with Crippen LogP contribution in [0.25, 0.3) is 10.2 Å². The van der Waals surface area contributed by atoms with Crippen LogP contribution in [-0.2, 0) is 16.2 Å². The Morgan fingerprint density at radius 1 is 1.08 bits per heavy atom. The van der Waals surface area contributed by atoms with E-state index >= 15 is 0 Å². The molecule has 0 N–H and O–H groups in total. The SMILES string of the molecule is CCOC(=O)c1nc(N(C)c2cc(C)c(/N=c3\sc4ccccc4n3COCC[Si](C)(C)C)nn2)sc1N1CC[C@H](Oc2ccccc2)C1. The average Bonchev–Trinajstić information content (AvgIpc) is 3.81. The highest BCUT2D eigenvalue weighted by Gasteiger charge is 2.32. The van der Waals surface area contributed by atoms with Crippen LogP contribution in [0.5, 0.6) is 5.75 Å². The second-order valence-corrected chi connectivity index (χ2v) is 20.8. The lowest BCUT2D eigenvalue weighted by Gasteiger charge is -2.18. The molecule has 1 fully saturated rings. The Balaban J connectivity index is 1.24. The molecule has 1 atom stereocenters. The maximum absolute atomic E-state index is 13.1. The van der Waals surface area contributed by atoms with Crippen molar-refractivity contribution in [1.82, 2.24) is 19.7 Å². The zero-order valence-corrected chi connectivity index (χ0v) is 31.5. The Hall–Kier alpha value is -4.11. The number of nitrogens with zero attached hydrogens (tertiary/aromatic N) is 7. The number of carbonyl (C=O) groups excluding carboxylic acids is 1. The number of para-hydroxylation sites is 2. The van der Waals surface area contributed by atoms with Gasteiger partial charge in [-0.1, -0.05) is 72.6 Å². The van der Waals surface area contributed by atoms with Crippen molar-refractivity contribution in [2.45, 2.75) is 58.8 Å². The molecule has 0 bridgehead atoms. The van der Waals surface area contributed by atoms with Gasteiger partial charge in [0.2, 0.25) is 0 Å². The van der Waals surface area contributed by atoms with Gasteiger partial charge in [-0.3, -0.25) is 4.57 Å². The lowest BCUT2D eigenvalue weighted by molar-refractivity contribution is 0.0521. The van der Waals surface area contributed by atoms with Gasteiger partial charge in [0, 0.05) is 34.7 Å². The smallest absolute Gasteiger partial charge is 0.360 e. The third-order valence-corrected chi connectivity index (χ3v) is 12.1. The van der Waals surface area contributed by atoms with Crippen LogP contribution in [-0.4, -0.2) is 73.2 Å². The molecule has 49 heavy (non-hydrogen) atoms. The van der Waals surface area contributed by atoms with Crippen molar-refractivity contribution in [3.8, 4) is 5.75 Å². The van der Waals surface area contributed by atoms with Crippen LogP contribution in [0.1, 0.15) is 29.4 Å². The van der Waals surface area contributed by atoms with E-state index in [0.717, 1.165) is 56.9 Å². The van der Waals surface area contributed by atoms with Crippen molar-refractivity contribution in [2.24, 2.45) is 4.99 Å². The van der Waals surface area contributed by atoms with E-state index < -0.39 is 14.0 Å². The van der Waals surface area contributed by atoms with Gasteiger partial charge in [-0.2, -0.15) is 4.99 Å². The van der Waals surface area contributed by atoms with E-state index in [-0.39, 0.29) is 12.7 Å². The summed E-state index contributed by atoms with van der Waals surface area (Å²) < 4.78 is 21.0. The summed E-state index contributed by atoms with van der Waals surface area (Å²) in [6.45, 7) is 13.6. The van der Waals surface area contributed by atoms with Gasteiger partial charge in [-0.15, -0.1) is 10.2 Å². The molecule has 1 aliphatic rings. The van der Waals surface area contributed by atoms with Gasteiger partial charge < -0.3 is 24.0 Å². The van der Waals surface area contributed by atoms with Crippen molar-refractivity contribution in [3.63, 3.8) is 0 Å². The van der Waals surface area contributed by atoms with E-state index in [2.05, 4.69) is 51.4 Å². The highest BCUT2D eigenvalue weighted by atomic mass is 32.1. The fourth-order valence-electron chi connectivity index (χ4n) is 5.38. The topological polar surface area (TPSA) is 107 Å². The molecule has 0 radical (unpaired) electrons. The Kier molecular flexibility index (Phi) is 10.8. The Morgan fingerprint density at radius 3 is 2.61 bits per heavy atom. The molecule has 258 valence electrons. The number of rotatable bonds is 13. The lowest BCUT2D eigenvalue weighted by Crippen LogP contribution is -2.25. The van der Waals surface area contributed by atoms with Crippen molar-refractivity contribution < 1.29 is 19.0 Å². The summed E-state index contributed by atoms with van der Waals surface area (Å²) in [6, 6.07) is 21.1. The first kappa shape index (κ1) is 34.7. The molecule has 0 amide bonds. The summed E-state index contributed by atoms with van der Waals surface area (Å²) in [6.07, 6.45) is 0.835. The van der Waals surface area contributed by atoms with Gasteiger partial charge in [-0.05, 0) is 55.8 Å². The van der Waals surface area contributed by atoms with Crippen molar-refractivity contribution >= 4 is 68.7 Å². The molecule has 0 aliphatic carbocycles. The zero-order chi connectivity index (χ0) is 34.5. The summed E-state index contributed by atoms with van der Waals surface area (Å²) in [5.74, 6) is 1.52. The van der Waals surface area contributed by atoms with Crippen LogP contribution in [0.3, 0.4) is 0 Å². The summed E-state index contributed by atoms with van der Waals surface area (Å²) in [7, 11) is 0.675. The number of benzene rings is 2. The molecule has 5 aromatic rings. The first-order valence-electron chi connectivity index (χ1n) is 16.5. The molecule has 11 nitrogen and oxygen atoms in total. The molecular weight excluding hydrogens is 675 g/mol. The standard InChI is InChI=1S/C35H43N7O4S2Si/c1-7-45-33(43)30-32(41-18-17-26(22-41)46-25-13-9-8-10-14-25)48-34(36-30)40(3)29-21-24(2)31(39-38-29)37-35-42(23-44-19-20-49(4,5)6)27-15-11-12-16-28(27)47-35/h8-16,21,26H,7,17-20,22-23H2,1-6H3/b37-35-/t26-/m0/s1. The van der Waals surface area contributed by atoms with E-state index in [0.29, 0.717) is 35.7 Å². The zero-order valence-electron chi connectivity index (χ0n) is 28.9. The van der Waals surface area contributed by atoms with Crippen LogP contribution in [0.15, 0.2) is 65.7 Å². The predicted molar refractivity (Wildman–Crippen MR) is 200 cm³/mol. The van der Waals surface area contributed by atoms with Crippen LogP contribution >= 0.6 is 22.7 Å². The molecular formula is C35H43N7O4S2Si. The third-order valence-electron chi connectivity index (χ3n) is 8.13. The largest absolute Gasteiger partial charge is 0.489 e. The average molecular weight is 718 g/mol. The van der Waals surface area contributed by atoms with Crippen LogP contribution in [0, 0.1) is 6.92 Å². The van der Waals surface area contributed by atoms with E-state index in [1.54, 1.807) is 18.3 Å². The number of aryl methyl sites for hydroxylation is 1. The number of hydrogen-bond acceptors (Lipinski definition) is 12. The maximum Gasteiger partial charge on any atom is 0.360 e. The molecule has 1 saturated heterocycles. The van der Waals surface area contributed by atoms with Crippen LogP contribution in [0.2, 0.25) is 25.7 Å². The highest BCUT2D eigenvalue weighted by molar-refractivity contribution is 7.20. The minimum Gasteiger partial charge on any atom is -0.489 e. The van der Waals surface area contributed by atoms with Crippen molar-refractivity contribution in [1.29, 1.82) is 0 Å². The quantitative estimate of drug-likeness (QED) is 0.0700.